The molecular weight excluding hydrogens is 230 g/mol. The minimum Gasteiger partial charge on any atom is -0.310 e. The molecule has 0 aliphatic heterocycles. The molecule has 17 heavy (non-hydrogen) atoms. The lowest BCUT2D eigenvalue weighted by molar-refractivity contribution is 0.304. The summed E-state index contributed by atoms with van der Waals surface area (Å²) < 4.78 is 0. The van der Waals surface area contributed by atoms with Crippen molar-refractivity contribution in [2.24, 2.45) is 11.8 Å². The van der Waals surface area contributed by atoms with Crippen molar-refractivity contribution in [2.45, 2.75) is 40.2 Å². The summed E-state index contributed by atoms with van der Waals surface area (Å²) in [5.41, 5.74) is 1.30. The van der Waals surface area contributed by atoms with Gasteiger partial charge in [0.2, 0.25) is 0 Å². The monoisotopic (exact) mass is 253 g/mol. The summed E-state index contributed by atoms with van der Waals surface area (Å²) in [7, 11) is 0. The van der Waals surface area contributed by atoms with Crippen LogP contribution in [0.25, 0.3) is 0 Å². The molecule has 1 nitrogen and oxygen atoms in total. The maximum absolute atomic E-state index is 6.08. The fourth-order valence-electron chi connectivity index (χ4n) is 1.99. The molecule has 0 spiro atoms. The van der Waals surface area contributed by atoms with Gasteiger partial charge < -0.3 is 5.32 Å². The average molecular weight is 254 g/mol. The van der Waals surface area contributed by atoms with Crippen LogP contribution in [0.5, 0.6) is 0 Å². The van der Waals surface area contributed by atoms with E-state index < -0.39 is 0 Å². The molecule has 0 aliphatic carbocycles. The first kappa shape index (κ1) is 14.5. The van der Waals surface area contributed by atoms with Crippen molar-refractivity contribution < 1.29 is 0 Å². The third kappa shape index (κ3) is 4.33. The zero-order valence-corrected chi connectivity index (χ0v) is 12.1. The Labute approximate surface area is 111 Å². The van der Waals surface area contributed by atoms with Crippen molar-refractivity contribution in [3.63, 3.8) is 0 Å². The van der Waals surface area contributed by atoms with Crippen LogP contribution in [-0.4, -0.2) is 6.54 Å². The Balaban J connectivity index is 2.89. The molecule has 96 valence electrons. The summed E-state index contributed by atoms with van der Waals surface area (Å²) >= 11 is 6.08. The molecule has 0 aromatic heterocycles. The maximum atomic E-state index is 6.08. The van der Waals surface area contributed by atoms with Gasteiger partial charge in [0, 0.05) is 11.1 Å². The predicted molar refractivity (Wildman–Crippen MR) is 76.5 cm³/mol. The summed E-state index contributed by atoms with van der Waals surface area (Å²) in [6.07, 6.45) is 1.15. The van der Waals surface area contributed by atoms with E-state index >= 15 is 0 Å². The Morgan fingerprint density at radius 1 is 1.24 bits per heavy atom. The van der Waals surface area contributed by atoms with E-state index in [2.05, 4.69) is 45.1 Å². The van der Waals surface area contributed by atoms with Crippen molar-refractivity contribution in [1.82, 2.24) is 5.32 Å². The average Bonchev–Trinajstić information content (AvgIpc) is 2.29. The van der Waals surface area contributed by atoms with Gasteiger partial charge in [-0.15, -0.1) is 0 Å². The van der Waals surface area contributed by atoms with Crippen molar-refractivity contribution >= 4 is 11.6 Å². The van der Waals surface area contributed by atoms with Crippen molar-refractivity contribution in [1.29, 1.82) is 0 Å². The fourth-order valence-corrected chi connectivity index (χ4v) is 2.19. The largest absolute Gasteiger partial charge is 0.310 e. The SMILES string of the molecule is CCCNC(c1cccc(Cl)c1)C(C)C(C)C. The van der Waals surface area contributed by atoms with Gasteiger partial charge in [-0.2, -0.15) is 0 Å². The lowest BCUT2D eigenvalue weighted by atomic mass is 9.86. The van der Waals surface area contributed by atoms with Crippen LogP contribution in [-0.2, 0) is 0 Å². The lowest BCUT2D eigenvalue weighted by Crippen LogP contribution is -2.30. The minimum absolute atomic E-state index is 0.397. The van der Waals surface area contributed by atoms with Crippen LogP contribution in [0.4, 0.5) is 0 Å². The molecule has 2 unspecified atom stereocenters. The van der Waals surface area contributed by atoms with E-state index in [9.17, 15) is 0 Å². The van der Waals surface area contributed by atoms with E-state index in [4.69, 9.17) is 11.6 Å². The van der Waals surface area contributed by atoms with Crippen LogP contribution in [0.1, 0.15) is 45.7 Å². The first-order valence-electron chi connectivity index (χ1n) is 6.55. The molecule has 0 saturated heterocycles. The molecule has 0 heterocycles. The molecule has 0 bridgehead atoms. The second kappa shape index (κ2) is 7.03. The van der Waals surface area contributed by atoms with E-state index in [0.29, 0.717) is 17.9 Å². The molecule has 2 heteroatoms. The Morgan fingerprint density at radius 3 is 2.47 bits per heavy atom. The predicted octanol–water partition coefficient (Wildman–Crippen LogP) is 4.67. The molecule has 0 radical (unpaired) electrons. The van der Waals surface area contributed by atoms with Crippen LogP contribution in [0, 0.1) is 11.8 Å². The first-order valence-corrected chi connectivity index (χ1v) is 6.93. The highest BCUT2D eigenvalue weighted by molar-refractivity contribution is 6.30. The highest BCUT2D eigenvalue weighted by Crippen LogP contribution is 2.29. The maximum Gasteiger partial charge on any atom is 0.0409 e. The number of benzene rings is 1. The molecule has 1 rings (SSSR count). The standard InChI is InChI=1S/C15H24ClN/c1-5-9-17-15(12(4)11(2)3)13-7-6-8-14(16)10-13/h6-8,10-12,15,17H,5,9H2,1-4H3. The molecule has 2 atom stereocenters. The molecular formula is C15H24ClN. The molecule has 0 fully saturated rings. The molecule has 0 amide bonds. The number of nitrogens with one attached hydrogen (secondary N) is 1. The van der Waals surface area contributed by atoms with Crippen molar-refractivity contribution in [2.75, 3.05) is 6.54 Å². The second-order valence-electron chi connectivity index (χ2n) is 5.09. The smallest absolute Gasteiger partial charge is 0.0409 e. The Morgan fingerprint density at radius 2 is 1.94 bits per heavy atom. The van der Waals surface area contributed by atoms with Crippen LogP contribution in [0.2, 0.25) is 5.02 Å². The zero-order chi connectivity index (χ0) is 12.8. The third-order valence-electron chi connectivity index (χ3n) is 3.40. The van der Waals surface area contributed by atoms with Crippen LogP contribution in [0.15, 0.2) is 24.3 Å². The molecule has 1 N–H and O–H groups in total. The third-order valence-corrected chi connectivity index (χ3v) is 3.63. The van der Waals surface area contributed by atoms with Crippen LogP contribution < -0.4 is 5.32 Å². The van der Waals surface area contributed by atoms with E-state index in [1.165, 1.54) is 5.56 Å². The highest BCUT2D eigenvalue weighted by atomic mass is 35.5. The minimum atomic E-state index is 0.397. The van der Waals surface area contributed by atoms with Gasteiger partial charge in [-0.25, -0.2) is 0 Å². The van der Waals surface area contributed by atoms with Gasteiger partial charge in [0.15, 0.2) is 0 Å². The van der Waals surface area contributed by atoms with E-state index in [1.54, 1.807) is 0 Å². The van der Waals surface area contributed by atoms with Gasteiger partial charge in [0.1, 0.15) is 0 Å². The van der Waals surface area contributed by atoms with E-state index in [1.807, 2.05) is 12.1 Å². The Hall–Kier alpha value is -0.530. The van der Waals surface area contributed by atoms with Gasteiger partial charge in [-0.3, -0.25) is 0 Å². The van der Waals surface area contributed by atoms with Crippen molar-refractivity contribution in [3.8, 4) is 0 Å². The molecule has 0 saturated carbocycles. The van der Waals surface area contributed by atoms with E-state index in [0.717, 1.165) is 18.0 Å². The van der Waals surface area contributed by atoms with Crippen molar-refractivity contribution in [3.05, 3.63) is 34.9 Å². The van der Waals surface area contributed by atoms with Crippen LogP contribution in [0.3, 0.4) is 0 Å². The summed E-state index contributed by atoms with van der Waals surface area (Å²) in [4.78, 5) is 0. The fraction of sp³-hybridized carbons (Fsp3) is 0.600. The lowest BCUT2D eigenvalue weighted by Gasteiger charge is -2.28. The second-order valence-corrected chi connectivity index (χ2v) is 5.53. The Kier molecular flexibility index (Phi) is 6.01. The van der Waals surface area contributed by atoms with Gasteiger partial charge >= 0.3 is 0 Å². The van der Waals surface area contributed by atoms with E-state index in [-0.39, 0.29) is 0 Å². The van der Waals surface area contributed by atoms with Gasteiger partial charge in [0.25, 0.3) is 0 Å². The first-order chi connectivity index (χ1) is 8.06. The summed E-state index contributed by atoms with van der Waals surface area (Å²) in [6.45, 7) is 10.1. The summed E-state index contributed by atoms with van der Waals surface area (Å²) in [5, 5.41) is 4.46. The number of hydrogen-bond acceptors (Lipinski definition) is 1. The zero-order valence-electron chi connectivity index (χ0n) is 11.3. The normalized spacial score (nSPS) is 14.9. The summed E-state index contributed by atoms with van der Waals surface area (Å²) in [5.74, 6) is 1.25. The summed E-state index contributed by atoms with van der Waals surface area (Å²) in [6, 6.07) is 8.60. The number of halogens is 1. The molecule has 1 aromatic carbocycles. The van der Waals surface area contributed by atoms with Gasteiger partial charge in [0.05, 0.1) is 0 Å². The number of rotatable bonds is 6. The molecule has 0 aliphatic rings. The number of hydrogen-bond donors (Lipinski definition) is 1. The quantitative estimate of drug-likeness (QED) is 0.777. The molecule has 1 aromatic rings. The van der Waals surface area contributed by atoms with Gasteiger partial charge in [-0.05, 0) is 42.5 Å². The topological polar surface area (TPSA) is 12.0 Å². The van der Waals surface area contributed by atoms with Crippen LogP contribution >= 0.6 is 11.6 Å². The highest BCUT2D eigenvalue weighted by Gasteiger charge is 2.21. The van der Waals surface area contributed by atoms with Gasteiger partial charge in [-0.1, -0.05) is 51.4 Å². The Bertz CT molecular complexity index is 335.